The number of likely N-dealkylation sites (tertiary alicyclic amines) is 1. The lowest BCUT2D eigenvalue weighted by atomic mass is 9.84. The van der Waals surface area contributed by atoms with E-state index in [1.165, 1.54) is 4.90 Å². The Morgan fingerprint density at radius 3 is 2.26 bits per heavy atom. The van der Waals surface area contributed by atoms with Crippen LogP contribution in [-0.4, -0.2) is 71.0 Å². The summed E-state index contributed by atoms with van der Waals surface area (Å²) in [5.74, 6) is -0.264. The van der Waals surface area contributed by atoms with Crippen molar-refractivity contribution in [2.24, 2.45) is 0 Å². The third-order valence-corrected chi connectivity index (χ3v) is 7.71. The van der Waals surface area contributed by atoms with Gasteiger partial charge in [0.1, 0.15) is 0 Å². The van der Waals surface area contributed by atoms with Gasteiger partial charge in [-0.2, -0.15) is 0 Å². The number of carbonyl (C=O) groups is 1. The van der Waals surface area contributed by atoms with Crippen LogP contribution in [0.25, 0.3) is 0 Å². The minimum atomic E-state index is -0.983. The maximum Gasteiger partial charge on any atom is 0.407 e. The highest BCUT2D eigenvalue weighted by molar-refractivity contribution is 6.42. The molecule has 35 heavy (non-hydrogen) atoms. The Bertz CT molecular complexity index is 988. The van der Waals surface area contributed by atoms with Gasteiger partial charge in [0.05, 0.1) is 21.8 Å². The van der Waals surface area contributed by atoms with Crippen LogP contribution in [0.2, 0.25) is 10.0 Å². The number of aliphatic hydroxyl groups is 1. The number of benzene rings is 2. The minimum Gasteiger partial charge on any atom is -0.465 e. The van der Waals surface area contributed by atoms with Gasteiger partial charge >= 0.3 is 6.09 Å². The summed E-state index contributed by atoms with van der Waals surface area (Å²) in [5.41, 5.74) is 0.393. The van der Waals surface area contributed by atoms with Gasteiger partial charge in [0.2, 0.25) is 0 Å². The Kier molecular flexibility index (Phi) is 9.11. The van der Waals surface area contributed by atoms with E-state index in [9.17, 15) is 15.0 Å². The van der Waals surface area contributed by atoms with E-state index < -0.39 is 17.2 Å². The third-order valence-electron chi connectivity index (χ3n) is 6.98. The van der Waals surface area contributed by atoms with Crippen LogP contribution < -0.4 is 0 Å². The fraction of sp³-hybridized carbons (Fsp3) is 0.519. The van der Waals surface area contributed by atoms with E-state index in [1.807, 2.05) is 57.2 Å². The normalized spacial score (nSPS) is 18.1. The molecule has 0 bridgehead atoms. The van der Waals surface area contributed by atoms with E-state index in [0.717, 1.165) is 11.1 Å². The average molecular weight is 524 g/mol. The number of carboxylic acid groups (broad SMARTS) is 1. The zero-order valence-corrected chi connectivity index (χ0v) is 22.4. The second kappa shape index (κ2) is 11.5. The lowest BCUT2D eigenvalue weighted by molar-refractivity contribution is -0.0428. The van der Waals surface area contributed by atoms with Crippen LogP contribution in [0.1, 0.15) is 50.7 Å². The van der Waals surface area contributed by atoms with E-state index in [2.05, 4.69) is 4.90 Å². The number of hydrogen-bond acceptors (Lipinski definition) is 4. The lowest BCUT2D eigenvalue weighted by Crippen LogP contribution is -2.51. The summed E-state index contributed by atoms with van der Waals surface area (Å²) in [7, 11) is 1.65. The van der Waals surface area contributed by atoms with E-state index in [-0.39, 0.29) is 18.6 Å². The molecule has 1 fully saturated rings. The quantitative estimate of drug-likeness (QED) is 0.454. The summed E-state index contributed by atoms with van der Waals surface area (Å²) in [5, 5.41) is 22.0. The SMILES string of the molecule is COC(CN1CCC(O)(c2ccccc2)CC1)C(CN(C(=O)O)C(C)(C)C)c1ccc(Cl)c(Cl)c1. The highest BCUT2D eigenvalue weighted by Crippen LogP contribution is 2.35. The van der Waals surface area contributed by atoms with Crippen molar-refractivity contribution < 1.29 is 19.7 Å². The second-order valence-corrected chi connectivity index (χ2v) is 11.1. The van der Waals surface area contributed by atoms with Crippen LogP contribution in [0.4, 0.5) is 4.79 Å². The molecule has 8 heteroatoms. The van der Waals surface area contributed by atoms with Crippen molar-refractivity contribution >= 4 is 29.3 Å². The zero-order chi connectivity index (χ0) is 25.8. The minimum absolute atomic E-state index is 0.247. The van der Waals surface area contributed by atoms with Crippen molar-refractivity contribution in [3.8, 4) is 0 Å². The topological polar surface area (TPSA) is 73.2 Å². The van der Waals surface area contributed by atoms with Crippen molar-refractivity contribution in [1.29, 1.82) is 0 Å². The average Bonchev–Trinajstić information content (AvgIpc) is 2.81. The molecule has 1 heterocycles. The molecule has 0 aliphatic carbocycles. The van der Waals surface area contributed by atoms with Crippen molar-refractivity contribution in [3.63, 3.8) is 0 Å². The summed E-state index contributed by atoms with van der Waals surface area (Å²) in [6.45, 7) is 7.90. The van der Waals surface area contributed by atoms with Gasteiger partial charge in [-0.05, 0) is 56.9 Å². The molecule has 2 N–H and O–H groups in total. The first-order chi connectivity index (χ1) is 16.4. The Labute approximate surface area is 218 Å². The molecular formula is C27H36Cl2N2O4. The van der Waals surface area contributed by atoms with Crippen LogP contribution in [0.15, 0.2) is 48.5 Å². The molecule has 192 valence electrons. The number of amides is 1. The fourth-order valence-electron chi connectivity index (χ4n) is 4.78. The molecule has 1 amide bonds. The zero-order valence-electron chi connectivity index (χ0n) is 20.9. The van der Waals surface area contributed by atoms with Gasteiger partial charge in [0, 0.05) is 44.7 Å². The molecule has 1 aliphatic rings. The largest absolute Gasteiger partial charge is 0.465 e. The maximum absolute atomic E-state index is 12.1. The number of rotatable bonds is 8. The predicted molar refractivity (Wildman–Crippen MR) is 140 cm³/mol. The van der Waals surface area contributed by atoms with Gasteiger partial charge in [0.25, 0.3) is 0 Å². The number of halogens is 2. The first-order valence-electron chi connectivity index (χ1n) is 11.9. The van der Waals surface area contributed by atoms with Crippen molar-refractivity contribution in [3.05, 3.63) is 69.7 Å². The standard InChI is InChI=1S/C27H36Cl2N2O4/c1-26(2,3)31(25(32)33)17-21(19-10-11-22(28)23(29)16-19)24(35-4)18-30-14-12-27(34,13-15-30)20-8-6-5-7-9-20/h5-11,16,21,24,34H,12-15,17-18H2,1-4H3,(H,32,33). The van der Waals surface area contributed by atoms with Crippen LogP contribution in [0.5, 0.6) is 0 Å². The number of methoxy groups -OCH3 is 1. The molecule has 0 aromatic heterocycles. The molecule has 0 radical (unpaired) electrons. The smallest absolute Gasteiger partial charge is 0.407 e. The molecule has 0 spiro atoms. The van der Waals surface area contributed by atoms with Gasteiger partial charge in [-0.15, -0.1) is 0 Å². The Morgan fingerprint density at radius 2 is 1.74 bits per heavy atom. The van der Waals surface area contributed by atoms with E-state index >= 15 is 0 Å². The Hall–Kier alpha value is -1.83. The van der Waals surface area contributed by atoms with Crippen molar-refractivity contribution in [1.82, 2.24) is 9.80 Å². The van der Waals surface area contributed by atoms with E-state index in [4.69, 9.17) is 27.9 Å². The molecule has 0 saturated carbocycles. The first kappa shape index (κ1) is 27.8. The molecule has 2 aromatic rings. The van der Waals surface area contributed by atoms with Gasteiger partial charge in [-0.3, -0.25) is 0 Å². The maximum atomic E-state index is 12.1. The molecule has 2 atom stereocenters. The number of piperidine rings is 1. The highest BCUT2D eigenvalue weighted by atomic mass is 35.5. The van der Waals surface area contributed by atoms with Crippen LogP contribution in [-0.2, 0) is 10.3 Å². The predicted octanol–water partition coefficient (Wildman–Crippen LogP) is 5.85. The summed E-state index contributed by atoms with van der Waals surface area (Å²) < 4.78 is 5.97. The molecule has 2 unspecified atom stereocenters. The van der Waals surface area contributed by atoms with Crippen molar-refractivity contribution in [2.45, 2.75) is 56.8 Å². The monoisotopic (exact) mass is 522 g/mol. The molecule has 1 aliphatic heterocycles. The number of ether oxygens (including phenoxy) is 1. The molecule has 2 aromatic carbocycles. The van der Waals surface area contributed by atoms with Gasteiger partial charge < -0.3 is 24.7 Å². The molecule has 1 saturated heterocycles. The summed E-state index contributed by atoms with van der Waals surface area (Å²) >= 11 is 12.5. The van der Waals surface area contributed by atoms with Crippen LogP contribution >= 0.6 is 23.2 Å². The third kappa shape index (κ3) is 6.89. The number of hydrogen-bond donors (Lipinski definition) is 2. The first-order valence-corrected chi connectivity index (χ1v) is 12.7. The lowest BCUT2D eigenvalue weighted by Gasteiger charge is -2.42. The highest BCUT2D eigenvalue weighted by Gasteiger charge is 2.37. The fourth-order valence-corrected chi connectivity index (χ4v) is 5.09. The van der Waals surface area contributed by atoms with E-state index in [0.29, 0.717) is 42.5 Å². The van der Waals surface area contributed by atoms with Gasteiger partial charge in [0.15, 0.2) is 0 Å². The molecule has 3 rings (SSSR count). The van der Waals surface area contributed by atoms with Crippen LogP contribution in [0, 0.1) is 0 Å². The Balaban J connectivity index is 1.81. The van der Waals surface area contributed by atoms with E-state index in [1.54, 1.807) is 19.2 Å². The Morgan fingerprint density at radius 1 is 1.11 bits per heavy atom. The number of nitrogens with zero attached hydrogens (tertiary/aromatic N) is 2. The van der Waals surface area contributed by atoms with Crippen LogP contribution in [0.3, 0.4) is 0 Å². The van der Waals surface area contributed by atoms with Crippen molar-refractivity contribution in [2.75, 3.05) is 33.3 Å². The molecular weight excluding hydrogens is 487 g/mol. The summed E-state index contributed by atoms with van der Waals surface area (Å²) in [6.07, 6.45) is -0.0370. The van der Waals surface area contributed by atoms with Gasteiger partial charge in [-0.25, -0.2) is 4.79 Å². The second-order valence-electron chi connectivity index (χ2n) is 10.3. The van der Waals surface area contributed by atoms with Gasteiger partial charge in [-0.1, -0.05) is 59.6 Å². The summed E-state index contributed by atoms with van der Waals surface area (Å²) in [4.78, 5) is 15.9. The summed E-state index contributed by atoms with van der Waals surface area (Å²) in [6, 6.07) is 15.2. The molecule has 6 nitrogen and oxygen atoms in total.